The summed E-state index contributed by atoms with van der Waals surface area (Å²) in [4.78, 5) is 28.8. The number of ether oxygens (including phenoxy) is 2. The summed E-state index contributed by atoms with van der Waals surface area (Å²) in [6.45, 7) is 2.34. The summed E-state index contributed by atoms with van der Waals surface area (Å²) in [6, 6.07) is 20.2. The van der Waals surface area contributed by atoms with E-state index in [1.165, 1.54) is 6.08 Å². The lowest BCUT2D eigenvalue weighted by Gasteiger charge is -2.22. The average Bonchev–Trinajstić information content (AvgIpc) is 3.43. The molecule has 2 aromatic carbocycles. The van der Waals surface area contributed by atoms with Gasteiger partial charge in [-0.05, 0) is 83.3 Å². The first-order chi connectivity index (χ1) is 18.0. The Balaban J connectivity index is 1.66. The number of pyridine rings is 1. The summed E-state index contributed by atoms with van der Waals surface area (Å²) in [5, 5.41) is 13.3. The second kappa shape index (κ2) is 12.6. The van der Waals surface area contributed by atoms with Crippen LogP contribution in [-0.4, -0.2) is 21.8 Å². The molecular weight excluding hydrogens is 486 g/mol. The number of carboxylic acid groups (broad SMARTS) is 1. The van der Waals surface area contributed by atoms with Crippen LogP contribution in [0.25, 0.3) is 6.08 Å². The highest BCUT2D eigenvalue weighted by Gasteiger charge is 2.21. The van der Waals surface area contributed by atoms with Crippen molar-refractivity contribution in [3.63, 3.8) is 0 Å². The Labute approximate surface area is 219 Å². The predicted molar refractivity (Wildman–Crippen MR) is 144 cm³/mol. The lowest BCUT2D eigenvalue weighted by molar-refractivity contribution is -0.137. The van der Waals surface area contributed by atoms with E-state index < -0.39 is 12.1 Å². The number of aryl methyl sites for hydroxylation is 1. The van der Waals surface area contributed by atoms with E-state index in [0.29, 0.717) is 29.4 Å². The van der Waals surface area contributed by atoms with Gasteiger partial charge in [0.05, 0.1) is 11.3 Å². The fraction of sp³-hybridized carbons (Fsp3) is 0.167. The SMILES string of the molecule is Cc1ccccc1C(CCC(=O)O)Oc1cc(OCc2ccsc2)ccc1C(=O)/C=C/c1ccccn1. The molecule has 0 amide bonds. The number of carbonyl (C=O) groups excluding carboxylic acids is 1. The van der Waals surface area contributed by atoms with Crippen LogP contribution >= 0.6 is 11.3 Å². The van der Waals surface area contributed by atoms with Crippen molar-refractivity contribution in [1.82, 2.24) is 4.98 Å². The lowest BCUT2D eigenvalue weighted by Crippen LogP contribution is -2.13. The number of aromatic nitrogens is 1. The van der Waals surface area contributed by atoms with E-state index >= 15 is 0 Å². The van der Waals surface area contributed by atoms with Crippen LogP contribution in [0.15, 0.2) is 89.8 Å². The van der Waals surface area contributed by atoms with Gasteiger partial charge in [-0.25, -0.2) is 0 Å². The van der Waals surface area contributed by atoms with Crippen molar-refractivity contribution in [2.45, 2.75) is 32.5 Å². The number of rotatable bonds is 12. The number of aliphatic carboxylic acids is 1. The molecule has 7 heteroatoms. The van der Waals surface area contributed by atoms with E-state index in [0.717, 1.165) is 16.7 Å². The van der Waals surface area contributed by atoms with Gasteiger partial charge in [-0.3, -0.25) is 14.6 Å². The van der Waals surface area contributed by atoms with E-state index in [1.807, 2.05) is 66.2 Å². The molecule has 0 aliphatic heterocycles. The molecule has 4 rings (SSSR count). The third-order valence-corrected chi connectivity index (χ3v) is 6.45. The average molecular weight is 514 g/mol. The van der Waals surface area contributed by atoms with Crippen LogP contribution in [0.5, 0.6) is 11.5 Å². The van der Waals surface area contributed by atoms with Gasteiger partial charge in [0, 0.05) is 18.7 Å². The van der Waals surface area contributed by atoms with Gasteiger partial charge in [-0.2, -0.15) is 11.3 Å². The first-order valence-electron chi connectivity index (χ1n) is 11.8. The fourth-order valence-corrected chi connectivity index (χ4v) is 4.45. The topological polar surface area (TPSA) is 85.7 Å². The molecule has 0 fully saturated rings. The fourth-order valence-electron chi connectivity index (χ4n) is 3.79. The number of benzene rings is 2. The molecule has 0 saturated heterocycles. The molecule has 188 valence electrons. The Morgan fingerprint density at radius 2 is 1.92 bits per heavy atom. The van der Waals surface area contributed by atoms with Gasteiger partial charge < -0.3 is 14.6 Å². The van der Waals surface area contributed by atoms with E-state index in [1.54, 1.807) is 41.8 Å². The minimum atomic E-state index is -0.912. The van der Waals surface area contributed by atoms with Crippen molar-refractivity contribution in [2.75, 3.05) is 0 Å². The molecule has 0 bridgehead atoms. The smallest absolute Gasteiger partial charge is 0.303 e. The second-order valence-electron chi connectivity index (χ2n) is 8.43. The third kappa shape index (κ3) is 7.38. The van der Waals surface area contributed by atoms with Crippen LogP contribution < -0.4 is 9.47 Å². The number of hydrogen-bond donors (Lipinski definition) is 1. The molecule has 1 unspecified atom stereocenters. The number of allylic oxidation sites excluding steroid dienone is 1. The monoisotopic (exact) mass is 513 g/mol. The molecule has 0 aliphatic rings. The van der Waals surface area contributed by atoms with Gasteiger partial charge in [0.2, 0.25) is 0 Å². The molecule has 0 spiro atoms. The maximum absolute atomic E-state index is 13.2. The summed E-state index contributed by atoms with van der Waals surface area (Å²) in [7, 11) is 0. The van der Waals surface area contributed by atoms with Crippen LogP contribution in [-0.2, 0) is 11.4 Å². The van der Waals surface area contributed by atoms with E-state index in [2.05, 4.69) is 4.98 Å². The minimum Gasteiger partial charge on any atom is -0.489 e. The maximum atomic E-state index is 13.2. The van der Waals surface area contributed by atoms with Crippen LogP contribution in [0, 0.1) is 6.92 Å². The van der Waals surface area contributed by atoms with Crippen LogP contribution in [0.4, 0.5) is 0 Å². The molecule has 0 radical (unpaired) electrons. The molecule has 0 saturated carbocycles. The maximum Gasteiger partial charge on any atom is 0.303 e. The molecule has 37 heavy (non-hydrogen) atoms. The second-order valence-corrected chi connectivity index (χ2v) is 9.21. The molecule has 1 atom stereocenters. The highest BCUT2D eigenvalue weighted by atomic mass is 32.1. The van der Waals surface area contributed by atoms with Gasteiger partial charge in [0.1, 0.15) is 24.2 Å². The van der Waals surface area contributed by atoms with Crippen molar-refractivity contribution >= 4 is 29.2 Å². The quantitative estimate of drug-likeness (QED) is 0.164. The van der Waals surface area contributed by atoms with Gasteiger partial charge in [-0.15, -0.1) is 0 Å². The number of carboxylic acids is 1. The highest BCUT2D eigenvalue weighted by molar-refractivity contribution is 7.07. The van der Waals surface area contributed by atoms with Crippen molar-refractivity contribution in [2.24, 2.45) is 0 Å². The number of ketones is 1. The van der Waals surface area contributed by atoms with Crippen molar-refractivity contribution in [1.29, 1.82) is 0 Å². The summed E-state index contributed by atoms with van der Waals surface area (Å²) < 4.78 is 12.4. The summed E-state index contributed by atoms with van der Waals surface area (Å²) in [5.41, 5.74) is 3.91. The third-order valence-electron chi connectivity index (χ3n) is 5.72. The zero-order valence-electron chi connectivity index (χ0n) is 20.4. The van der Waals surface area contributed by atoms with Crippen LogP contribution in [0.2, 0.25) is 0 Å². The minimum absolute atomic E-state index is 0.0732. The van der Waals surface area contributed by atoms with Gasteiger partial charge >= 0.3 is 5.97 Å². The number of thiophene rings is 1. The number of nitrogens with zero attached hydrogens (tertiary/aromatic N) is 1. The van der Waals surface area contributed by atoms with Crippen LogP contribution in [0.1, 0.15) is 51.7 Å². The van der Waals surface area contributed by atoms with Gasteiger partial charge in [0.25, 0.3) is 0 Å². The standard InChI is InChI=1S/C30H27NO5S/c1-21-6-2-3-8-25(21)28(13-14-30(33)34)36-29-18-24(35-19-22-15-17-37-20-22)10-11-26(29)27(32)12-9-23-7-4-5-16-31-23/h2-12,15-18,20,28H,13-14,19H2,1H3,(H,33,34)/b12-9+. The number of carbonyl (C=O) groups is 2. The van der Waals surface area contributed by atoms with E-state index in [-0.39, 0.29) is 18.6 Å². The molecule has 2 aromatic heterocycles. The Bertz CT molecular complexity index is 1370. The molecule has 6 nitrogen and oxygen atoms in total. The lowest BCUT2D eigenvalue weighted by atomic mass is 9.99. The van der Waals surface area contributed by atoms with E-state index in [9.17, 15) is 14.7 Å². The molecule has 0 aliphatic carbocycles. The Hall–Kier alpha value is -4.23. The van der Waals surface area contributed by atoms with Gasteiger partial charge in [0.15, 0.2) is 5.78 Å². The summed E-state index contributed by atoms with van der Waals surface area (Å²) in [6.07, 6.45) is 4.38. The normalized spacial score (nSPS) is 11.8. The summed E-state index contributed by atoms with van der Waals surface area (Å²) >= 11 is 1.59. The Morgan fingerprint density at radius 3 is 2.65 bits per heavy atom. The van der Waals surface area contributed by atoms with Gasteiger partial charge in [-0.1, -0.05) is 30.3 Å². The first kappa shape index (κ1) is 25.9. The van der Waals surface area contributed by atoms with Crippen LogP contribution in [0.3, 0.4) is 0 Å². The molecule has 4 aromatic rings. The molecular formula is C30H27NO5S. The number of hydrogen-bond acceptors (Lipinski definition) is 6. The molecule has 2 heterocycles. The Morgan fingerprint density at radius 1 is 1.08 bits per heavy atom. The van der Waals surface area contributed by atoms with Crippen molar-refractivity contribution in [3.8, 4) is 11.5 Å². The van der Waals surface area contributed by atoms with Crippen molar-refractivity contribution in [3.05, 3.63) is 118 Å². The molecule has 1 N–H and O–H groups in total. The predicted octanol–water partition coefficient (Wildman–Crippen LogP) is 6.91. The Kier molecular flexibility index (Phi) is 8.84. The largest absolute Gasteiger partial charge is 0.489 e. The van der Waals surface area contributed by atoms with Crippen molar-refractivity contribution < 1.29 is 24.2 Å². The summed E-state index contributed by atoms with van der Waals surface area (Å²) in [5.74, 6) is -0.290. The zero-order valence-corrected chi connectivity index (χ0v) is 21.2. The first-order valence-corrected chi connectivity index (χ1v) is 12.8. The zero-order chi connectivity index (χ0) is 26.0. The highest BCUT2D eigenvalue weighted by Crippen LogP contribution is 2.33. The van der Waals surface area contributed by atoms with E-state index in [4.69, 9.17) is 9.47 Å².